The van der Waals surface area contributed by atoms with Gasteiger partial charge < -0.3 is 10.1 Å². The first-order chi connectivity index (χ1) is 7.70. The second-order valence-electron chi connectivity index (χ2n) is 3.45. The Morgan fingerprint density at radius 2 is 2.31 bits per heavy atom. The minimum Gasteiger partial charge on any atom is -0.494 e. The van der Waals surface area contributed by atoms with Crippen molar-refractivity contribution in [1.82, 2.24) is 10.6 Å². The van der Waals surface area contributed by atoms with Crippen LogP contribution in [0.5, 0.6) is 5.75 Å². The maximum atomic E-state index is 11.1. The van der Waals surface area contributed by atoms with Crippen LogP contribution in [-0.2, 0) is 0 Å². The van der Waals surface area contributed by atoms with Crippen LogP contribution in [0.4, 0.5) is 4.79 Å². The molecule has 3 N–H and O–H groups in total. The molecule has 1 unspecified atom stereocenters. The number of amides is 2. The van der Waals surface area contributed by atoms with Crippen molar-refractivity contribution < 1.29 is 9.53 Å². The molecule has 1 saturated heterocycles. The fourth-order valence-corrected chi connectivity index (χ4v) is 1.63. The van der Waals surface area contributed by atoms with Gasteiger partial charge in [-0.2, -0.15) is 0 Å². The van der Waals surface area contributed by atoms with E-state index in [4.69, 9.17) is 10.1 Å². The zero-order valence-electron chi connectivity index (χ0n) is 8.91. The molecule has 2 rings (SSSR count). The highest BCUT2D eigenvalue weighted by Gasteiger charge is 2.27. The molecule has 1 aromatic carbocycles. The molecule has 0 bridgehead atoms. The lowest BCUT2D eigenvalue weighted by Gasteiger charge is -2.11. The molecular weight excluding hydrogens is 206 g/mol. The molecule has 0 radical (unpaired) electrons. The van der Waals surface area contributed by atoms with Gasteiger partial charge in [-0.25, -0.2) is 4.79 Å². The standard InChI is InChI=1S/C11H13N3O2/c1-2-16-8-5-3-4-7(6-8)9-10(12)14-11(15)13-9/h3-6,9H,2H2,1H3,(H3,12,13,14,15). The van der Waals surface area contributed by atoms with Gasteiger partial charge in [0, 0.05) is 0 Å². The van der Waals surface area contributed by atoms with Crippen LogP contribution in [0.15, 0.2) is 24.3 Å². The number of hydrogen-bond acceptors (Lipinski definition) is 3. The van der Waals surface area contributed by atoms with Gasteiger partial charge >= 0.3 is 6.03 Å². The summed E-state index contributed by atoms with van der Waals surface area (Å²) in [4.78, 5) is 11.1. The fourth-order valence-electron chi connectivity index (χ4n) is 1.63. The number of ether oxygens (including phenoxy) is 1. The summed E-state index contributed by atoms with van der Waals surface area (Å²) in [7, 11) is 0. The summed E-state index contributed by atoms with van der Waals surface area (Å²) in [6.45, 7) is 2.50. The van der Waals surface area contributed by atoms with Crippen molar-refractivity contribution in [3.8, 4) is 5.75 Å². The topological polar surface area (TPSA) is 74.2 Å². The number of hydrogen-bond donors (Lipinski definition) is 3. The smallest absolute Gasteiger partial charge is 0.321 e. The summed E-state index contributed by atoms with van der Waals surface area (Å²) in [5.74, 6) is 0.910. The number of rotatable bonds is 3. The van der Waals surface area contributed by atoms with Crippen LogP contribution in [-0.4, -0.2) is 18.5 Å². The van der Waals surface area contributed by atoms with Gasteiger partial charge in [0.2, 0.25) is 0 Å². The average Bonchev–Trinajstić information content (AvgIpc) is 2.59. The summed E-state index contributed by atoms with van der Waals surface area (Å²) < 4.78 is 5.36. The molecule has 0 saturated carbocycles. The molecule has 1 fully saturated rings. The van der Waals surface area contributed by atoms with Crippen molar-refractivity contribution in [2.24, 2.45) is 0 Å². The molecule has 84 valence electrons. The van der Waals surface area contributed by atoms with Gasteiger partial charge in [0.25, 0.3) is 0 Å². The van der Waals surface area contributed by atoms with Gasteiger partial charge in [0.15, 0.2) is 0 Å². The van der Waals surface area contributed by atoms with Gasteiger partial charge in [-0.1, -0.05) is 12.1 Å². The highest BCUT2D eigenvalue weighted by Crippen LogP contribution is 2.21. The van der Waals surface area contributed by atoms with E-state index in [2.05, 4.69) is 10.6 Å². The molecule has 5 nitrogen and oxygen atoms in total. The van der Waals surface area contributed by atoms with E-state index >= 15 is 0 Å². The molecule has 1 heterocycles. The zero-order chi connectivity index (χ0) is 11.5. The Labute approximate surface area is 93.3 Å². The Morgan fingerprint density at radius 1 is 1.50 bits per heavy atom. The third kappa shape index (κ3) is 1.98. The SMILES string of the molecule is CCOc1cccc(C2NC(=O)NC2=N)c1. The van der Waals surface area contributed by atoms with Crippen LogP contribution in [0.3, 0.4) is 0 Å². The van der Waals surface area contributed by atoms with Crippen LogP contribution in [0.2, 0.25) is 0 Å². The van der Waals surface area contributed by atoms with E-state index < -0.39 is 6.04 Å². The number of carbonyl (C=O) groups excluding carboxylic acids is 1. The van der Waals surface area contributed by atoms with Crippen molar-refractivity contribution in [2.45, 2.75) is 13.0 Å². The second-order valence-corrected chi connectivity index (χ2v) is 3.45. The first kappa shape index (κ1) is 10.5. The highest BCUT2D eigenvalue weighted by atomic mass is 16.5. The predicted octanol–water partition coefficient (Wildman–Crippen LogP) is 1.42. The largest absolute Gasteiger partial charge is 0.494 e. The van der Waals surface area contributed by atoms with Crippen molar-refractivity contribution in [3.63, 3.8) is 0 Å². The van der Waals surface area contributed by atoms with Crippen LogP contribution in [0.25, 0.3) is 0 Å². The Balaban J connectivity index is 2.23. The number of amidine groups is 1. The van der Waals surface area contributed by atoms with E-state index in [-0.39, 0.29) is 11.9 Å². The Hall–Kier alpha value is -2.04. The molecule has 0 aromatic heterocycles. The maximum absolute atomic E-state index is 11.1. The molecule has 1 aliphatic rings. The fraction of sp³-hybridized carbons (Fsp3) is 0.273. The molecule has 1 aliphatic heterocycles. The molecule has 1 aromatic rings. The molecule has 1 atom stereocenters. The van der Waals surface area contributed by atoms with Crippen molar-refractivity contribution in [2.75, 3.05) is 6.61 Å². The van der Waals surface area contributed by atoms with E-state index in [0.29, 0.717) is 6.61 Å². The van der Waals surface area contributed by atoms with Gasteiger partial charge in [-0.05, 0) is 24.6 Å². The van der Waals surface area contributed by atoms with E-state index in [0.717, 1.165) is 11.3 Å². The number of nitrogens with one attached hydrogen (secondary N) is 3. The van der Waals surface area contributed by atoms with E-state index in [1.54, 1.807) is 0 Å². The quantitative estimate of drug-likeness (QED) is 0.719. The Morgan fingerprint density at radius 3 is 2.94 bits per heavy atom. The van der Waals surface area contributed by atoms with Crippen molar-refractivity contribution in [1.29, 1.82) is 5.41 Å². The maximum Gasteiger partial charge on any atom is 0.321 e. The molecule has 0 aliphatic carbocycles. The number of urea groups is 1. The third-order valence-electron chi connectivity index (χ3n) is 2.31. The van der Waals surface area contributed by atoms with E-state index in [1.165, 1.54) is 0 Å². The van der Waals surface area contributed by atoms with E-state index in [1.807, 2.05) is 31.2 Å². The van der Waals surface area contributed by atoms with Crippen molar-refractivity contribution >= 4 is 11.9 Å². The first-order valence-electron chi connectivity index (χ1n) is 5.09. The third-order valence-corrected chi connectivity index (χ3v) is 2.31. The zero-order valence-corrected chi connectivity index (χ0v) is 8.91. The minimum absolute atomic E-state index is 0.165. The summed E-state index contributed by atoms with van der Waals surface area (Å²) in [5, 5.41) is 12.7. The van der Waals surface area contributed by atoms with E-state index in [9.17, 15) is 4.79 Å². The van der Waals surface area contributed by atoms with Gasteiger partial charge in [-0.15, -0.1) is 0 Å². The first-order valence-corrected chi connectivity index (χ1v) is 5.09. The summed E-state index contributed by atoms with van der Waals surface area (Å²) >= 11 is 0. The number of carbonyl (C=O) groups is 1. The van der Waals surface area contributed by atoms with Crippen LogP contribution in [0, 0.1) is 5.41 Å². The Bertz CT molecular complexity index is 431. The minimum atomic E-state index is -0.395. The van der Waals surface area contributed by atoms with Gasteiger partial charge in [0.05, 0.1) is 6.61 Å². The Kier molecular flexibility index (Phi) is 2.76. The van der Waals surface area contributed by atoms with Crippen LogP contribution < -0.4 is 15.4 Å². The molecule has 2 amide bonds. The van der Waals surface area contributed by atoms with Crippen LogP contribution >= 0.6 is 0 Å². The monoisotopic (exact) mass is 219 g/mol. The second kappa shape index (κ2) is 4.22. The summed E-state index contributed by atoms with van der Waals surface area (Å²) in [5.41, 5.74) is 0.842. The lowest BCUT2D eigenvalue weighted by Crippen LogP contribution is -2.22. The van der Waals surface area contributed by atoms with Crippen LogP contribution in [0.1, 0.15) is 18.5 Å². The lowest BCUT2D eigenvalue weighted by atomic mass is 10.1. The average molecular weight is 219 g/mol. The molecular formula is C11H13N3O2. The molecule has 5 heteroatoms. The normalized spacial score (nSPS) is 19.2. The van der Waals surface area contributed by atoms with Gasteiger partial charge in [-0.3, -0.25) is 10.7 Å². The number of benzene rings is 1. The predicted molar refractivity (Wildman–Crippen MR) is 59.7 cm³/mol. The molecule has 0 spiro atoms. The highest BCUT2D eigenvalue weighted by molar-refractivity contribution is 6.05. The summed E-state index contributed by atoms with van der Waals surface area (Å²) in [6.07, 6.45) is 0. The van der Waals surface area contributed by atoms with Crippen molar-refractivity contribution in [3.05, 3.63) is 29.8 Å². The lowest BCUT2D eigenvalue weighted by molar-refractivity contribution is 0.248. The molecule has 16 heavy (non-hydrogen) atoms. The van der Waals surface area contributed by atoms with Gasteiger partial charge in [0.1, 0.15) is 17.6 Å². The summed E-state index contributed by atoms with van der Waals surface area (Å²) in [6, 6.07) is 6.65.